The van der Waals surface area contributed by atoms with E-state index in [-0.39, 0.29) is 5.41 Å². The molecule has 2 aliphatic rings. The second kappa shape index (κ2) is 5.70. The van der Waals surface area contributed by atoms with Crippen LogP contribution in [0.2, 0.25) is 5.02 Å². The van der Waals surface area contributed by atoms with Crippen molar-refractivity contribution in [3.05, 3.63) is 22.8 Å². The van der Waals surface area contributed by atoms with E-state index in [1.165, 1.54) is 25.5 Å². The van der Waals surface area contributed by atoms with Crippen LogP contribution in [-0.2, 0) is 4.74 Å². The van der Waals surface area contributed by atoms with Gasteiger partial charge in [-0.25, -0.2) is 4.98 Å². The molecule has 6 heteroatoms. The third-order valence-corrected chi connectivity index (χ3v) is 5.58. The van der Waals surface area contributed by atoms with Gasteiger partial charge in [0.1, 0.15) is 5.82 Å². The van der Waals surface area contributed by atoms with Gasteiger partial charge in [0.15, 0.2) is 0 Å². The standard InChI is InChI=1S/C16H22ClN3O2/c1-3-22-13-8-12(16(13)5-4-6-16)20(2)15-11(17)7-10(9-19-15)14(18)21/h7,9,12-13H,3-6,8H2,1-2H3,(H2,18,21)/t12-,13+/m0/s1. The van der Waals surface area contributed by atoms with E-state index < -0.39 is 5.91 Å². The van der Waals surface area contributed by atoms with Gasteiger partial charge in [-0.05, 0) is 32.3 Å². The van der Waals surface area contributed by atoms with Gasteiger partial charge in [0.25, 0.3) is 0 Å². The third-order valence-electron chi connectivity index (χ3n) is 5.30. The summed E-state index contributed by atoms with van der Waals surface area (Å²) >= 11 is 6.30. The first-order valence-corrected chi connectivity index (χ1v) is 8.17. The number of nitrogens with zero attached hydrogens (tertiary/aromatic N) is 2. The second-order valence-corrected chi connectivity index (χ2v) is 6.69. The van der Waals surface area contributed by atoms with Gasteiger partial charge in [-0.2, -0.15) is 0 Å². The van der Waals surface area contributed by atoms with Crippen LogP contribution in [0, 0.1) is 5.41 Å². The summed E-state index contributed by atoms with van der Waals surface area (Å²) in [5.41, 5.74) is 5.85. The van der Waals surface area contributed by atoms with Crippen molar-refractivity contribution in [2.45, 2.75) is 44.8 Å². The van der Waals surface area contributed by atoms with Gasteiger partial charge < -0.3 is 15.4 Å². The summed E-state index contributed by atoms with van der Waals surface area (Å²) in [6, 6.07) is 1.98. The van der Waals surface area contributed by atoms with Gasteiger partial charge >= 0.3 is 0 Å². The van der Waals surface area contributed by atoms with Crippen molar-refractivity contribution in [1.82, 2.24) is 4.98 Å². The fourth-order valence-electron chi connectivity index (χ4n) is 3.92. The lowest BCUT2D eigenvalue weighted by Crippen LogP contribution is -2.67. The van der Waals surface area contributed by atoms with E-state index in [1.807, 2.05) is 14.0 Å². The highest BCUT2D eigenvalue weighted by Crippen LogP contribution is 2.59. The Hall–Kier alpha value is -1.33. The summed E-state index contributed by atoms with van der Waals surface area (Å²) in [5.74, 6) is 0.192. The predicted molar refractivity (Wildman–Crippen MR) is 86.3 cm³/mol. The zero-order valence-corrected chi connectivity index (χ0v) is 13.8. The molecule has 0 bridgehead atoms. The zero-order chi connectivity index (χ0) is 15.9. The molecule has 1 aromatic rings. The van der Waals surface area contributed by atoms with Crippen molar-refractivity contribution in [3.8, 4) is 0 Å². The van der Waals surface area contributed by atoms with Crippen molar-refractivity contribution >= 4 is 23.3 Å². The number of halogens is 1. The predicted octanol–water partition coefficient (Wildman–Crippen LogP) is 2.62. The smallest absolute Gasteiger partial charge is 0.250 e. The molecule has 120 valence electrons. The number of rotatable bonds is 5. The van der Waals surface area contributed by atoms with Crippen LogP contribution in [0.5, 0.6) is 0 Å². The van der Waals surface area contributed by atoms with Gasteiger partial charge in [0.05, 0.1) is 16.7 Å². The largest absolute Gasteiger partial charge is 0.378 e. The van der Waals surface area contributed by atoms with Crippen molar-refractivity contribution in [1.29, 1.82) is 0 Å². The first kappa shape index (κ1) is 15.6. The minimum atomic E-state index is -0.515. The molecule has 1 aromatic heterocycles. The second-order valence-electron chi connectivity index (χ2n) is 6.29. The molecule has 0 aromatic carbocycles. The molecule has 2 aliphatic carbocycles. The van der Waals surface area contributed by atoms with Gasteiger partial charge in [-0.3, -0.25) is 4.79 Å². The van der Waals surface area contributed by atoms with Gasteiger partial charge in [0.2, 0.25) is 5.91 Å². The molecule has 22 heavy (non-hydrogen) atoms. The number of hydrogen-bond acceptors (Lipinski definition) is 4. The lowest BCUT2D eigenvalue weighted by Gasteiger charge is -2.63. The molecule has 3 rings (SSSR count). The number of carbonyl (C=O) groups is 1. The number of carbonyl (C=O) groups excluding carboxylic acids is 1. The van der Waals surface area contributed by atoms with Crippen LogP contribution in [-0.4, -0.2) is 36.7 Å². The van der Waals surface area contributed by atoms with Crippen molar-refractivity contribution < 1.29 is 9.53 Å². The minimum Gasteiger partial charge on any atom is -0.378 e. The summed E-state index contributed by atoms with van der Waals surface area (Å²) < 4.78 is 5.89. The Morgan fingerprint density at radius 1 is 1.59 bits per heavy atom. The Morgan fingerprint density at radius 3 is 2.82 bits per heavy atom. The maximum Gasteiger partial charge on any atom is 0.250 e. The van der Waals surface area contributed by atoms with Crippen molar-refractivity contribution in [3.63, 3.8) is 0 Å². The van der Waals surface area contributed by atoms with Gasteiger partial charge in [0, 0.05) is 31.3 Å². The van der Waals surface area contributed by atoms with E-state index in [2.05, 4.69) is 9.88 Å². The van der Waals surface area contributed by atoms with Crippen LogP contribution in [0.25, 0.3) is 0 Å². The lowest BCUT2D eigenvalue weighted by molar-refractivity contribution is -0.164. The Balaban J connectivity index is 1.80. The fraction of sp³-hybridized carbons (Fsp3) is 0.625. The average molecular weight is 324 g/mol. The van der Waals surface area contributed by atoms with Crippen LogP contribution in [0.15, 0.2) is 12.3 Å². The van der Waals surface area contributed by atoms with E-state index in [1.54, 1.807) is 6.07 Å². The molecule has 2 fully saturated rings. The molecule has 0 saturated heterocycles. The maximum absolute atomic E-state index is 11.2. The minimum absolute atomic E-state index is 0.248. The Bertz CT molecular complexity index is 589. The zero-order valence-electron chi connectivity index (χ0n) is 13.0. The molecule has 0 aliphatic heterocycles. The Labute approximate surface area is 135 Å². The van der Waals surface area contributed by atoms with E-state index in [4.69, 9.17) is 22.1 Å². The molecular weight excluding hydrogens is 302 g/mol. The van der Waals surface area contributed by atoms with Gasteiger partial charge in [-0.15, -0.1) is 0 Å². The maximum atomic E-state index is 11.2. The van der Waals surface area contributed by atoms with E-state index >= 15 is 0 Å². The number of nitrogens with two attached hydrogens (primary N) is 1. The van der Waals surface area contributed by atoms with E-state index in [9.17, 15) is 4.79 Å². The van der Waals surface area contributed by atoms with Crippen LogP contribution < -0.4 is 10.6 Å². The summed E-state index contributed by atoms with van der Waals surface area (Å²) in [7, 11) is 2.02. The number of amides is 1. The number of primary amides is 1. The molecule has 1 amide bonds. The summed E-state index contributed by atoms with van der Waals surface area (Å²) in [6.45, 7) is 2.81. The monoisotopic (exact) mass is 323 g/mol. The summed E-state index contributed by atoms with van der Waals surface area (Å²) in [4.78, 5) is 17.7. The molecule has 2 N–H and O–H groups in total. The molecule has 1 spiro atoms. The quantitative estimate of drug-likeness (QED) is 0.904. The van der Waals surface area contributed by atoms with Crippen LogP contribution in [0.1, 0.15) is 43.0 Å². The van der Waals surface area contributed by atoms with E-state index in [0.717, 1.165) is 13.0 Å². The fourth-order valence-corrected chi connectivity index (χ4v) is 4.22. The topological polar surface area (TPSA) is 68.4 Å². The van der Waals surface area contributed by atoms with Crippen LogP contribution >= 0.6 is 11.6 Å². The van der Waals surface area contributed by atoms with E-state index in [0.29, 0.717) is 28.5 Å². The molecule has 1 heterocycles. The third kappa shape index (κ3) is 2.27. The number of ether oxygens (including phenoxy) is 1. The number of hydrogen-bond donors (Lipinski definition) is 1. The van der Waals surface area contributed by atoms with Gasteiger partial charge in [-0.1, -0.05) is 18.0 Å². The highest BCUT2D eigenvalue weighted by Gasteiger charge is 2.60. The number of aromatic nitrogens is 1. The average Bonchev–Trinajstić information content (AvgIpc) is 2.40. The Kier molecular flexibility index (Phi) is 4.03. The summed E-state index contributed by atoms with van der Waals surface area (Å²) in [6.07, 6.45) is 6.50. The lowest BCUT2D eigenvalue weighted by atomic mass is 9.50. The number of pyridine rings is 1. The molecule has 0 unspecified atom stereocenters. The molecule has 0 radical (unpaired) electrons. The molecule has 5 nitrogen and oxygen atoms in total. The highest BCUT2D eigenvalue weighted by atomic mass is 35.5. The number of anilines is 1. The summed E-state index contributed by atoms with van der Waals surface area (Å²) in [5, 5.41) is 0.466. The SMILES string of the molecule is CCO[C@@H]1C[C@H](N(C)c2ncc(C(N)=O)cc2Cl)C12CCC2. The Morgan fingerprint density at radius 2 is 2.32 bits per heavy atom. The van der Waals surface area contributed by atoms with Crippen molar-refractivity contribution in [2.75, 3.05) is 18.6 Å². The normalized spacial score (nSPS) is 25.4. The van der Waals surface area contributed by atoms with Crippen molar-refractivity contribution in [2.24, 2.45) is 11.1 Å². The highest BCUT2D eigenvalue weighted by molar-refractivity contribution is 6.33. The van der Waals surface area contributed by atoms with Crippen LogP contribution in [0.3, 0.4) is 0 Å². The molecule has 2 atom stereocenters. The molecule has 2 saturated carbocycles. The first-order valence-electron chi connectivity index (χ1n) is 7.79. The van der Waals surface area contributed by atoms with Crippen LogP contribution in [0.4, 0.5) is 5.82 Å². The first-order chi connectivity index (χ1) is 10.5. The molecular formula is C16H22ClN3O2.